The van der Waals surface area contributed by atoms with Crippen molar-refractivity contribution in [2.24, 2.45) is 0 Å². The highest BCUT2D eigenvalue weighted by Crippen LogP contribution is 2.35. The molecular formula is C18H23N3O9S. The summed E-state index contributed by atoms with van der Waals surface area (Å²) in [4.78, 5) is 27.1. The van der Waals surface area contributed by atoms with E-state index in [2.05, 4.69) is 10.3 Å². The van der Waals surface area contributed by atoms with Gasteiger partial charge >= 0.3 is 11.7 Å². The van der Waals surface area contributed by atoms with Gasteiger partial charge in [-0.3, -0.25) is 14.3 Å². The second-order valence-electron chi connectivity index (χ2n) is 6.27. The summed E-state index contributed by atoms with van der Waals surface area (Å²) in [5, 5.41) is 14.7. The van der Waals surface area contributed by atoms with Gasteiger partial charge in [-0.15, -0.1) is 0 Å². The smallest absolute Gasteiger partial charge is 0.336 e. The summed E-state index contributed by atoms with van der Waals surface area (Å²) >= 11 is 0. The number of carbonyl (C=O) groups is 1. The number of hydrogen-bond donors (Lipinski definition) is 1. The molecular weight excluding hydrogens is 434 g/mol. The monoisotopic (exact) mass is 457 g/mol. The fourth-order valence-corrected chi connectivity index (χ4v) is 3.33. The molecule has 0 aliphatic rings. The maximum Gasteiger partial charge on any atom is 0.336 e. The number of rotatable bonds is 11. The lowest BCUT2D eigenvalue weighted by atomic mass is 10.1. The van der Waals surface area contributed by atoms with E-state index in [9.17, 15) is 23.3 Å². The van der Waals surface area contributed by atoms with E-state index in [1.165, 1.54) is 20.3 Å². The fraction of sp³-hybridized carbons (Fsp3) is 0.444. The number of fused-ring (bicyclic) bond motifs is 1. The normalized spacial score (nSPS) is 12.3. The summed E-state index contributed by atoms with van der Waals surface area (Å²) in [6, 6.07) is 4.45. The maximum atomic E-state index is 12.0. The van der Waals surface area contributed by atoms with Gasteiger partial charge in [-0.1, -0.05) is 0 Å². The number of nitrogens with zero attached hydrogens (tertiary/aromatic N) is 2. The molecule has 0 unspecified atom stereocenters. The summed E-state index contributed by atoms with van der Waals surface area (Å²) in [6.45, 7) is 1.56. The molecule has 1 aromatic carbocycles. The largest absolute Gasteiger partial charge is 0.493 e. The number of pyridine rings is 1. The van der Waals surface area contributed by atoms with Gasteiger partial charge in [-0.05, 0) is 13.0 Å². The third-order valence-electron chi connectivity index (χ3n) is 4.04. The number of ether oxygens (including phenoxy) is 3. The molecule has 0 fully saturated rings. The zero-order valence-corrected chi connectivity index (χ0v) is 18.2. The van der Waals surface area contributed by atoms with Crippen LogP contribution in [0.15, 0.2) is 18.2 Å². The number of nitrogens with one attached hydrogen (secondary N) is 1. The predicted molar refractivity (Wildman–Crippen MR) is 111 cm³/mol. The number of carbonyl (C=O) groups excluding carboxylic acids is 1. The number of benzene rings is 1. The van der Waals surface area contributed by atoms with E-state index in [0.29, 0.717) is 22.4 Å². The van der Waals surface area contributed by atoms with E-state index in [1.54, 1.807) is 19.1 Å². The van der Waals surface area contributed by atoms with Crippen molar-refractivity contribution >= 4 is 38.5 Å². The predicted octanol–water partition coefficient (Wildman–Crippen LogP) is 1.87. The second kappa shape index (κ2) is 10.2. The Labute approximate surface area is 178 Å². The maximum absolute atomic E-state index is 12.0. The Hall–Kier alpha value is -3.19. The van der Waals surface area contributed by atoms with Gasteiger partial charge in [-0.25, -0.2) is 9.78 Å². The Bertz CT molecular complexity index is 1070. The average molecular weight is 457 g/mol. The quantitative estimate of drug-likeness (QED) is 0.227. The van der Waals surface area contributed by atoms with Crippen molar-refractivity contribution in [2.75, 3.05) is 38.9 Å². The van der Waals surface area contributed by atoms with Crippen LogP contribution >= 0.6 is 0 Å². The van der Waals surface area contributed by atoms with Gasteiger partial charge in [0.2, 0.25) is 5.82 Å². The topological polar surface area (TPSA) is 156 Å². The number of nitro groups is 1. The molecule has 0 radical (unpaired) electrons. The van der Waals surface area contributed by atoms with Crippen molar-refractivity contribution in [3.63, 3.8) is 0 Å². The van der Waals surface area contributed by atoms with Crippen LogP contribution in [-0.4, -0.2) is 64.0 Å². The summed E-state index contributed by atoms with van der Waals surface area (Å²) in [7, 11) is -1.03. The molecule has 2 rings (SSSR count). The highest BCUT2D eigenvalue weighted by Gasteiger charge is 2.26. The van der Waals surface area contributed by atoms with Gasteiger partial charge in [0.25, 0.3) is 10.1 Å². The van der Waals surface area contributed by atoms with E-state index in [4.69, 9.17) is 18.4 Å². The Morgan fingerprint density at radius 2 is 1.87 bits per heavy atom. The van der Waals surface area contributed by atoms with Crippen LogP contribution in [0.2, 0.25) is 0 Å². The molecule has 13 heteroatoms. The number of aromatic nitrogens is 1. The summed E-state index contributed by atoms with van der Waals surface area (Å²) in [5.41, 5.74) is 0.0940. The van der Waals surface area contributed by atoms with E-state index in [0.717, 1.165) is 6.26 Å². The molecule has 0 saturated heterocycles. The average Bonchev–Trinajstić information content (AvgIpc) is 2.70. The van der Waals surface area contributed by atoms with Gasteiger partial charge in [0.05, 0.1) is 37.5 Å². The lowest BCUT2D eigenvalue weighted by Gasteiger charge is -2.15. The molecule has 0 spiro atoms. The third kappa shape index (κ3) is 6.39. The molecule has 1 heterocycles. The van der Waals surface area contributed by atoms with Gasteiger partial charge in [0.1, 0.15) is 0 Å². The lowest BCUT2D eigenvalue weighted by Crippen LogP contribution is -2.31. The van der Waals surface area contributed by atoms with Gasteiger partial charge < -0.3 is 19.5 Å². The van der Waals surface area contributed by atoms with E-state index < -0.39 is 27.1 Å². The Morgan fingerprint density at radius 3 is 2.42 bits per heavy atom. The minimum atomic E-state index is -3.92. The molecule has 170 valence electrons. The molecule has 12 nitrogen and oxygen atoms in total. The van der Waals surface area contributed by atoms with Crippen LogP contribution in [0.25, 0.3) is 10.9 Å². The van der Waals surface area contributed by atoms with Gasteiger partial charge in [-0.2, -0.15) is 8.42 Å². The summed E-state index contributed by atoms with van der Waals surface area (Å²) in [6.07, 6.45) is -0.718. The van der Waals surface area contributed by atoms with Crippen molar-refractivity contribution in [3.05, 3.63) is 28.3 Å². The zero-order valence-electron chi connectivity index (χ0n) is 17.4. The molecule has 0 saturated carbocycles. The van der Waals surface area contributed by atoms with Crippen molar-refractivity contribution in [1.82, 2.24) is 4.98 Å². The Balaban J connectivity index is 2.30. The SMILES string of the molecule is CCOC(=O)[C@H](CCNc1nc2cc(OC)c(OC)cc2cc1[N+](=O)[O-])OS(C)(=O)=O. The van der Waals surface area contributed by atoms with Crippen molar-refractivity contribution in [2.45, 2.75) is 19.4 Å². The van der Waals surface area contributed by atoms with Crippen molar-refractivity contribution in [1.29, 1.82) is 0 Å². The third-order valence-corrected chi connectivity index (χ3v) is 4.62. The molecule has 1 N–H and O–H groups in total. The van der Waals surface area contributed by atoms with Crippen LogP contribution in [0.1, 0.15) is 13.3 Å². The second-order valence-corrected chi connectivity index (χ2v) is 7.87. The number of anilines is 1. The van der Waals surface area contributed by atoms with Crippen LogP contribution in [-0.2, 0) is 23.8 Å². The Morgan fingerprint density at radius 1 is 1.23 bits per heavy atom. The van der Waals surface area contributed by atoms with Crippen LogP contribution in [0, 0.1) is 10.1 Å². The highest BCUT2D eigenvalue weighted by molar-refractivity contribution is 7.86. The minimum Gasteiger partial charge on any atom is -0.493 e. The van der Waals surface area contributed by atoms with E-state index >= 15 is 0 Å². The summed E-state index contributed by atoms with van der Waals surface area (Å²) < 4.78 is 42.8. The Kier molecular flexibility index (Phi) is 7.94. The molecule has 0 amide bonds. The zero-order chi connectivity index (χ0) is 23.2. The van der Waals surface area contributed by atoms with Gasteiger partial charge in [0, 0.05) is 30.5 Å². The number of esters is 1. The van der Waals surface area contributed by atoms with E-state index in [1.807, 2.05) is 0 Å². The number of methoxy groups -OCH3 is 2. The summed E-state index contributed by atoms with van der Waals surface area (Å²) in [5.74, 6) is -0.132. The van der Waals surface area contributed by atoms with Gasteiger partial charge in [0.15, 0.2) is 17.6 Å². The first-order valence-corrected chi connectivity index (χ1v) is 10.9. The molecule has 2 aromatic rings. The number of hydrogen-bond acceptors (Lipinski definition) is 11. The lowest BCUT2D eigenvalue weighted by molar-refractivity contribution is -0.384. The first-order chi connectivity index (χ1) is 14.6. The van der Waals surface area contributed by atoms with Crippen molar-refractivity contribution in [3.8, 4) is 11.5 Å². The molecule has 1 aromatic heterocycles. The molecule has 0 aliphatic heterocycles. The first kappa shape index (κ1) is 24.1. The molecule has 0 aliphatic carbocycles. The van der Waals surface area contributed by atoms with Crippen molar-refractivity contribution < 1.29 is 36.5 Å². The van der Waals surface area contributed by atoms with Crippen LogP contribution in [0.5, 0.6) is 11.5 Å². The minimum absolute atomic E-state index is 0.0406. The molecule has 1 atom stereocenters. The van der Waals surface area contributed by atoms with E-state index in [-0.39, 0.29) is 31.1 Å². The first-order valence-electron chi connectivity index (χ1n) is 9.09. The van der Waals surface area contributed by atoms with Crippen LogP contribution in [0.4, 0.5) is 11.5 Å². The standard InChI is InChI=1S/C18H23N3O9S/c1-5-29-18(22)14(30-31(4,25)26)6-7-19-17-13(21(23)24)8-11-9-15(27-2)16(28-3)10-12(11)20-17/h8-10,14H,5-7H2,1-4H3,(H,19,20)/t14-/m0/s1. The highest BCUT2D eigenvalue weighted by atomic mass is 32.2. The molecule has 31 heavy (non-hydrogen) atoms. The van der Waals surface area contributed by atoms with Crippen LogP contribution in [0.3, 0.4) is 0 Å². The molecule has 0 bridgehead atoms. The fourth-order valence-electron chi connectivity index (χ4n) is 2.73. The van der Waals surface area contributed by atoms with Crippen LogP contribution < -0.4 is 14.8 Å².